The molecule has 2 heterocycles. The molecule has 2 aromatic carbocycles. The van der Waals surface area contributed by atoms with Crippen LogP contribution in [0, 0.1) is 18.7 Å². The number of anilines is 3. The number of allylic oxidation sites excluding steroid dienone is 1. The van der Waals surface area contributed by atoms with Crippen LogP contribution in [0.15, 0.2) is 61.6 Å². The minimum absolute atomic E-state index is 0.194. The molecule has 1 aliphatic rings. The lowest BCUT2D eigenvalue weighted by atomic mass is 9.95. The van der Waals surface area contributed by atoms with Crippen molar-refractivity contribution in [3.8, 4) is 0 Å². The lowest BCUT2D eigenvalue weighted by Crippen LogP contribution is -2.08. The Balaban J connectivity index is 1.27. The molecular formula is C30H32FN5S. The van der Waals surface area contributed by atoms with Crippen LogP contribution >= 0.6 is 11.3 Å². The maximum atomic E-state index is 14.4. The SMILES string of the molecule is C=C(c1ncnc(N)c1Nc1ccc(Cc2cc(F)cc(CCc3cnc(C)s3)c2)cc1)C1CCCC1. The molecule has 5 nitrogen and oxygen atoms in total. The second-order valence-electron chi connectivity index (χ2n) is 9.80. The largest absolute Gasteiger partial charge is 0.382 e. The first-order chi connectivity index (χ1) is 17.9. The Labute approximate surface area is 221 Å². The van der Waals surface area contributed by atoms with Crippen molar-refractivity contribution in [2.24, 2.45) is 5.92 Å². The molecule has 3 N–H and O–H groups in total. The van der Waals surface area contributed by atoms with E-state index in [9.17, 15) is 4.39 Å². The van der Waals surface area contributed by atoms with Gasteiger partial charge in [-0.15, -0.1) is 11.3 Å². The van der Waals surface area contributed by atoms with Gasteiger partial charge in [-0.3, -0.25) is 0 Å². The standard InChI is InChI=1S/C30H32FN5S/c1-19(24-5-3-4-6-24)28-29(30(32)35-18-34-28)36-26-10-7-21(8-11-26)13-23-14-22(15-25(31)16-23)9-12-27-17-33-20(2)37-27/h7-8,10-11,14-18,24,36H,1,3-6,9,12-13H2,2H3,(H2,32,34,35). The van der Waals surface area contributed by atoms with Crippen molar-refractivity contribution in [1.82, 2.24) is 15.0 Å². The molecule has 0 saturated heterocycles. The number of halogens is 1. The molecule has 0 aliphatic heterocycles. The molecule has 0 unspecified atom stereocenters. The molecule has 1 saturated carbocycles. The van der Waals surface area contributed by atoms with Crippen LogP contribution in [0.4, 0.5) is 21.6 Å². The van der Waals surface area contributed by atoms with E-state index in [0.29, 0.717) is 23.8 Å². The first-order valence-electron chi connectivity index (χ1n) is 12.8. The summed E-state index contributed by atoms with van der Waals surface area (Å²) in [5.74, 6) is 0.661. The molecule has 5 rings (SSSR count). The van der Waals surface area contributed by atoms with Crippen molar-refractivity contribution in [3.05, 3.63) is 99.7 Å². The molecule has 4 aromatic rings. The van der Waals surface area contributed by atoms with Gasteiger partial charge in [0.1, 0.15) is 17.8 Å². The fourth-order valence-corrected chi connectivity index (χ4v) is 5.87. The van der Waals surface area contributed by atoms with Crippen LogP contribution in [-0.4, -0.2) is 15.0 Å². The van der Waals surface area contributed by atoms with Gasteiger partial charge in [-0.2, -0.15) is 0 Å². The van der Waals surface area contributed by atoms with Crippen LogP contribution in [0.5, 0.6) is 0 Å². The van der Waals surface area contributed by atoms with Gasteiger partial charge in [0.15, 0.2) is 5.82 Å². The molecule has 2 aromatic heterocycles. The van der Waals surface area contributed by atoms with Crippen molar-refractivity contribution in [2.45, 2.75) is 51.9 Å². The predicted octanol–water partition coefficient (Wildman–Crippen LogP) is 7.29. The summed E-state index contributed by atoms with van der Waals surface area (Å²) in [6, 6.07) is 13.5. The van der Waals surface area contributed by atoms with Crippen molar-refractivity contribution in [2.75, 3.05) is 11.1 Å². The third-order valence-electron chi connectivity index (χ3n) is 7.01. The van der Waals surface area contributed by atoms with Crippen LogP contribution in [0.25, 0.3) is 5.57 Å². The van der Waals surface area contributed by atoms with E-state index in [1.807, 2.05) is 25.3 Å². The number of thiazole rings is 1. The van der Waals surface area contributed by atoms with Gasteiger partial charge in [-0.1, -0.05) is 37.6 Å². The van der Waals surface area contributed by atoms with Crippen molar-refractivity contribution < 1.29 is 4.39 Å². The molecule has 0 amide bonds. The van der Waals surface area contributed by atoms with Crippen LogP contribution in [0.2, 0.25) is 0 Å². The van der Waals surface area contributed by atoms with Crippen LogP contribution in [0.1, 0.15) is 58.0 Å². The summed E-state index contributed by atoms with van der Waals surface area (Å²) in [6.07, 6.45) is 10.5. The van der Waals surface area contributed by atoms with E-state index in [4.69, 9.17) is 5.73 Å². The Morgan fingerprint density at radius 1 is 1.03 bits per heavy atom. The maximum Gasteiger partial charge on any atom is 0.151 e. The van der Waals surface area contributed by atoms with Crippen molar-refractivity contribution >= 4 is 34.1 Å². The van der Waals surface area contributed by atoms with E-state index < -0.39 is 0 Å². The maximum absolute atomic E-state index is 14.4. The van der Waals surface area contributed by atoms with Crippen molar-refractivity contribution in [1.29, 1.82) is 0 Å². The zero-order chi connectivity index (χ0) is 25.8. The quantitative estimate of drug-likeness (QED) is 0.246. The lowest BCUT2D eigenvalue weighted by Gasteiger charge is -2.18. The van der Waals surface area contributed by atoms with E-state index in [1.54, 1.807) is 23.5 Å². The fraction of sp³-hybridized carbons (Fsp3) is 0.300. The fourth-order valence-electron chi connectivity index (χ4n) is 5.07. The summed E-state index contributed by atoms with van der Waals surface area (Å²) in [4.78, 5) is 14.2. The number of nitrogens with two attached hydrogens (primary N) is 1. The Bertz CT molecular complexity index is 1390. The molecule has 190 valence electrons. The highest BCUT2D eigenvalue weighted by Crippen LogP contribution is 2.39. The average Bonchev–Trinajstić information content (AvgIpc) is 3.56. The first kappa shape index (κ1) is 25.1. The average molecular weight is 514 g/mol. The third kappa shape index (κ3) is 6.23. The zero-order valence-electron chi connectivity index (χ0n) is 21.1. The van der Waals surface area contributed by atoms with Crippen LogP contribution < -0.4 is 11.1 Å². The van der Waals surface area contributed by atoms with E-state index in [-0.39, 0.29) is 5.82 Å². The Morgan fingerprint density at radius 3 is 2.51 bits per heavy atom. The van der Waals surface area contributed by atoms with Gasteiger partial charge in [-0.25, -0.2) is 19.3 Å². The third-order valence-corrected chi connectivity index (χ3v) is 7.98. The summed E-state index contributed by atoms with van der Waals surface area (Å²) in [7, 11) is 0. The Morgan fingerprint density at radius 2 is 1.78 bits per heavy atom. The van der Waals surface area contributed by atoms with Gasteiger partial charge >= 0.3 is 0 Å². The molecular weight excluding hydrogens is 481 g/mol. The first-order valence-corrected chi connectivity index (χ1v) is 13.6. The minimum Gasteiger partial charge on any atom is -0.382 e. The Hall–Kier alpha value is -3.58. The topological polar surface area (TPSA) is 76.7 Å². The van der Waals surface area contributed by atoms with E-state index in [2.05, 4.69) is 45.0 Å². The molecule has 0 radical (unpaired) electrons. The summed E-state index contributed by atoms with van der Waals surface area (Å²) in [5.41, 5.74) is 12.7. The van der Waals surface area contributed by atoms with Gasteiger partial charge in [0.05, 0.1) is 10.7 Å². The number of aromatic nitrogens is 3. The number of nitrogen functional groups attached to an aromatic ring is 1. The summed E-state index contributed by atoms with van der Waals surface area (Å²) in [5, 5.41) is 4.47. The summed E-state index contributed by atoms with van der Waals surface area (Å²) >= 11 is 1.70. The minimum atomic E-state index is -0.194. The number of hydrogen-bond donors (Lipinski definition) is 2. The number of hydrogen-bond acceptors (Lipinski definition) is 6. The lowest BCUT2D eigenvalue weighted by molar-refractivity contribution is 0.623. The van der Waals surface area contributed by atoms with Crippen LogP contribution in [0.3, 0.4) is 0 Å². The molecule has 7 heteroatoms. The highest BCUT2D eigenvalue weighted by molar-refractivity contribution is 7.11. The second-order valence-corrected chi connectivity index (χ2v) is 11.1. The van der Waals surface area contributed by atoms with E-state index in [0.717, 1.165) is 64.3 Å². The normalized spacial score (nSPS) is 13.7. The number of rotatable bonds is 9. The number of benzene rings is 2. The number of aryl methyl sites for hydroxylation is 3. The van der Waals surface area contributed by atoms with E-state index in [1.165, 1.54) is 24.0 Å². The smallest absolute Gasteiger partial charge is 0.151 e. The van der Waals surface area contributed by atoms with Gasteiger partial charge < -0.3 is 11.1 Å². The zero-order valence-corrected chi connectivity index (χ0v) is 22.0. The van der Waals surface area contributed by atoms with E-state index >= 15 is 0 Å². The molecule has 1 fully saturated rings. The second kappa shape index (κ2) is 11.2. The highest BCUT2D eigenvalue weighted by atomic mass is 32.1. The highest BCUT2D eigenvalue weighted by Gasteiger charge is 2.23. The Kier molecular flexibility index (Phi) is 7.60. The molecule has 37 heavy (non-hydrogen) atoms. The number of nitrogens with zero attached hydrogens (tertiary/aromatic N) is 3. The van der Waals surface area contributed by atoms with Gasteiger partial charge in [0.25, 0.3) is 0 Å². The molecule has 0 spiro atoms. The summed E-state index contributed by atoms with van der Waals surface area (Å²) < 4.78 is 14.4. The number of nitrogens with one attached hydrogen (secondary N) is 1. The van der Waals surface area contributed by atoms with Gasteiger partial charge in [0.2, 0.25) is 0 Å². The van der Waals surface area contributed by atoms with Crippen LogP contribution in [-0.2, 0) is 19.3 Å². The van der Waals surface area contributed by atoms with Gasteiger partial charge in [0, 0.05) is 16.8 Å². The molecule has 0 atom stereocenters. The summed E-state index contributed by atoms with van der Waals surface area (Å²) in [6.45, 7) is 6.34. The predicted molar refractivity (Wildman–Crippen MR) is 151 cm³/mol. The van der Waals surface area contributed by atoms with Gasteiger partial charge in [-0.05, 0) is 91.5 Å². The molecule has 0 bridgehead atoms. The molecule has 1 aliphatic carbocycles. The monoisotopic (exact) mass is 513 g/mol. The van der Waals surface area contributed by atoms with Crippen molar-refractivity contribution in [3.63, 3.8) is 0 Å².